The molecule has 6 heteroatoms. The van der Waals surface area contributed by atoms with Crippen LogP contribution in [-0.4, -0.2) is 64.7 Å². The molecule has 2 N–H and O–H groups in total. The summed E-state index contributed by atoms with van der Waals surface area (Å²) in [5.41, 5.74) is -0.279. The van der Waals surface area contributed by atoms with Crippen molar-refractivity contribution >= 4 is 5.91 Å². The highest BCUT2D eigenvalue weighted by atomic mass is 16.5. The summed E-state index contributed by atoms with van der Waals surface area (Å²) in [6.45, 7) is 4.62. The average Bonchev–Trinajstić information content (AvgIpc) is 2.78. The number of carbonyl (C=O) groups excluding carboxylic acids is 1. The second-order valence-corrected chi connectivity index (χ2v) is 4.72. The Morgan fingerprint density at radius 1 is 1.50 bits per heavy atom. The van der Waals surface area contributed by atoms with Gasteiger partial charge >= 0.3 is 0 Å². The minimum absolute atomic E-state index is 0.0236. The van der Waals surface area contributed by atoms with Crippen LogP contribution in [0, 0.1) is 0 Å². The highest BCUT2D eigenvalue weighted by molar-refractivity contribution is 5.78. The Balaban J connectivity index is 2.18. The van der Waals surface area contributed by atoms with E-state index in [-0.39, 0.29) is 24.1 Å². The van der Waals surface area contributed by atoms with Crippen LogP contribution in [0.2, 0.25) is 0 Å². The lowest BCUT2D eigenvalue weighted by Crippen LogP contribution is -2.47. The molecule has 0 aliphatic carbocycles. The molecule has 0 bridgehead atoms. The molecule has 0 spiro atoms. The van der Waals surface area contributed by atoms with Crippen LogP contribution in [0.3, 0.4) is 0 Å². The minimum Gasteiger partial charge on any atom is -0.383 e. The molecular formula is C12H24N2O4. The van der Waals surface area contributed by atoms with Crippen molar-refractivity contribution in [2.75, 3.05) is 47.1 Å². The summed E-state index contributed by atoms with van der Waals surface area (Å²) in [5.74, 6) is -0.0373. The average molecular weight is 260 g/mol. The molecule has 1 heterocycles. The van der Waals surface area contributed by atoms with E-state index in [4.69, 9.17) is 14.2 Å². The molecule has 1 aliphatic heterocycles. The Hall–Kier alpha value is -0.690. The van der Waals surface area contributed by atoms with Crippen molar-refractivity contribution < 1.29 is 19.0 Å². The van der Waals surface area contributed by atoms with Crippen LogP contribution in [0.5, 0.6) is 0 Å². The van der Waals surface area contributed by atoms with Crippen molar-refractivity contribution in [3.8, 4) is 0 Å². The Labute approximate surface area is 108 Å². The molecule has 1 rings (SSSR count). The second kappa shape index (κ2) is 7.68. The zero-order chi connectivity index (χ0) is 13.4. The van der Waals surface area contributed by atoms with Gasteiger partial charge < -0.3 is 24.8 Å². The maximum atomic E-state index is 11.6. The zero-order valence-electron chi connectivity index (χ0n) is 11.5. The van der Waals surface area contributed by atoms with Crippen molar-refractivity contribution in [1.29, 1.82) is 0 Å². The van der Waals surface area contributed by atoms with Gasteiger partial charge in [0.1, 0.15) is 5.60 Å². The Kier molecular flexibility index (Phi) is 6.56. The molecule has 18 heavy (non-hydrogen) atoms. The summed E-state index contributed by atoms with van der Waals surface area (Å²) < 4.78 is 15.7. The summed E-state index contributed by atoms with van der Waals surface area (Å²) in [4.78, 5) is 11.6. The highest BCUT2D eigenvalue weighted by Crippen LogP contribution is 2.21. The molecule has 0 aromatic rings. The number of rotatable bonds is 8. The third-order valence-corrected chi connectivity index (χ3v) is 3.06. The standard InChI is InChI=1S/C12H24N2O4/c1-10(7-16-2)14-11(15)6-13-8-12(17-3)4-5-18-9-12/h10,13H,4-9H2,1-3H3,(H,14,15). The quantitative estimate of drug-likeness (QED) is 0.618. The fourth-order valence-electron chi connectivity index (χ4n) is 1.98. The van der Waals surface area contributed by atoms with Gasteiger partial charge in [-0.15, -0.1) is 0 Å². The molecule has 0 aromatic heterocycles. The molecule has 0 saturated carbocycles. The van der Waals surface area contributed by atoms with Crippen LogP contribution in [0.1, 0.15) is 13.3 Å². The van der Waals surface area contributed by atoms with Gasteiger partial charge in [0, 0.05) is 39.8 Å². The van der Waals surface area contributed by atoms with Crippen molar-refractivity contribution in [3.63, 3.8) is 0 Å². The number of amides is 1. The summed E-state index contributed by atoms with van der Waals surface area (Å²) in [7, 11) is 3.29. The number of nitrogens with one attached hydrogen (secondary N) is 2. The summed E-state index contributed by atoms with van der Waals surface area (Å²) >= 11 is 0. The lowest BCUT2D eigenvalue weighted by atomic mass is 10.0. The Morgan fingerprint density at radius 3 is 2.83 bits per heavy atom. The van der Waals surface area contributed by atoms with E-state index in [0.717, 1.165) is 6.42 Å². The molecule has 1 aliphatic rings. The smallest absolute Gasteiger partial charge is 0.234 e. The molecule has 1 fully saturated rings. The first-order valence-electron chi connectivity index (χ1n) is 6.24. The molecule has 1 amide bonds. The van der Waals surface area contributed by atoms with E-state index in [2.05, 4.69) is 10.6 Å². The van der Waals surface area contributed by atoms with Gasteiger partial charge in [-0.25, -0.2) is 0 Å². The van der Waals surface area contributed by atoms with Gasteiger partial charge in [-0.05, 0) is 6.92 Å². The van der Waals surface area contributed by atoms with Gasteiger partial charge in [0.15, 0.2) is 0 Å². The zero-order valence-corrected chi connectivity index (χ0v) is 11.5. The van der Waals surface area contributed by atoms with Crippen LogP contribution in [0.4, 0.5) is 0 Å². The van der Waals surface area contributed by atoms with Gasteiger partial charge in [-0.1, -0.05) is 0 Å². The van der Waals surface area contributed by atoms with Crippen LogP contribution < -0.4 is 10.6 Å². The fraction of sp³-hybridized carbons (Fsp3) is 0.917. The van der Waals surface area contributed by atoms with Gasteiger partial charge in [-0.3, -0.25) is 4.79 Å². The lowest BCUT2D eigenvalue weighted by molar-refractivity contribution is -0.121. The van der Waals surface area contributed by atoms with Crippen LogP contribution in [-0.2, 0) is 19.0 Å². The molecule has 2 atom stereocenters. The topological polar surface area (TPSA) is 68.8 Å². The van der Waals surface area contributed by atoms with Crippen molar-refractivity contribution in [1.82, 2.24) is 10.6 Å². The SMILES string of the molecule is COCC(C)NC(=O)CNCC1(OC)CCOC1. The maximum absolute atomic E-state index is 11.6. The van der Waals surface area contributed by atoms with Crippen LogP contribution in [0.25, 0.3) is 0 Å². The maximum Gasteiger partial charge on any atom is 0.234 e. The molecule has 1 saturated heterocycles. The molecule has 0 aromatic carbocycles. The third-order valence-electron chi connectivity index (χ3n) is 3.06. The number of hydrogen-bond acceptors (Lipinski definition) is 5. The first-order valence-corrected chi connectivity index (χ1v) is 6.24. The number of ether oxygens (including phenoxy) is 3. The lowest BCUT2D eigenvalue weighted by Gasteiger charge is -2.26. The fourth-order valence-corrected chi connectivity index (χ4v) is 1.98. The first-order chi connectivity index (χ1) is 8.62. The molecule has 6 nitrogen and oxygen atoms in total. The molecule has 0 radical (unpaired) electrons. The van der Waals surface area contributed by atoms with Crippen molar-refractivity contribution in [2.45, 2.75) is 25.0 Å². The Morgan fingerprint density at radius 2 is 2.28 bits per heavy atom. The number of hydrogen-bond donors (Lipinski definition) is 2. The summed E-state index contributed by atoms with van der Waals surface area (Å²) in [6, 6.07) is 0.0236. The predicted molar refractivity (Wildman–Crippen MR) is 67.5 cm³/mol. The van der Waals surface area contributed by atoms with Crippen molar-refractivity contribution in [2.24, 2.45) is 0 Å². The van der Waals surface area contributed by atoms with E-state index >= 15 is 0 Å². The summed E-state index contributed by atoms with van der Waals surface area (Å²) in [6.07, 6.45) is 0.859. The second-order valence-electron chi connectivity index (χ2n) is 4.72. The van der Waals surface area contributed by atoms with Gasteiger partial charge in [0.25, 0.3) is 0 Å². The highest BCUT2D eigenvalue weighted by Gasteiger charge is 2.34. The van der Waals surface area contributed by atoms with Crippen LogP contribution in [0.15, 0.2) is 0 Å². The summed E-state index contributed by atoms with van der Waals surface area (Å²) in [5, 5.41) is 5.95. The molecular weight excluding hydrogens is 236 g/mol. The monoisotopic (exact) mass is 260 g/mol. The van der Waals surface area contributed by atoms with E-state index < -0.39 is 0 Å². The van der Waals surface area contributed by atoms with Crippen molar-refractivity contribution in [3.05, 3.63) is 0 Å². The first kappa shape index (κ1) is 15.4. The van der Waals surface area contributed by atoms with E-state index in [9.17, 15) is 4.79 Å². The van der Waals surface area contributed by atoms with E-state index in [1.165, 1.54) is 0 Å². The number of carbonyl (C=O) groups is 1. The van der Waals surface area contributed by atoms with Gasteiger partial charge in [-0.2, -0.15) is 0 Å². The van der Waals surface area contributed by atoms with Gasteiger partial charge in [0.05, 0.1) is 19.8 Å². The van der Waals surface area contributed by atoms with E-state index in [1.807, 2.05) is 6.92 Å². The Bertz CT molecular complexity index is 254. The van der Waals surface area contributed by atoms with E-state index in [0.29, 0.717) is 26.4 Å². The van der Waals surface area contributed by atoms with Crippen LogP contribution >= 0.6 is 0 Å². The number of methoxy groups -OCH3 is 2. The molecule has 2 unspecified atom stereocenters. The van der Waals surface area contributed by atoms with E-state index in [1.54, 1.807) is 14.2 Å². The minimum atomic E-state index is -0.279. The van der Waals surface area contributed by atoms with Gasteiger partial charge in [0.2, 0.25) is 5.91 Å². The normalized spacial score (nSPS) is 25.1. The largest absolute Gasteiger partial charge is 0.383 e. The predicted octanol–water partition coefficient (Wildman–Crippen LogP) is -0.467. The third kappa shape index (κ3) is 4.89. The molecule has 106 valence electrons.